The second-order valence-electron chi connectivity index (χ2n) is 4.56. The van der Waals surface area contributed by atoms with Crippen LogP contribution < -0.4 is 5.32 Å². The van der Waals surface area contributed by atoms with E-state index in [-0.39, 0.29) is 17.7 Å². The van der Waals surface area contributed by atoms with Crippen molar-refractivity contribution in [1.29, 1.82) is 0 Å². The highest BCUT2D eigenvalue weighted by atomic mass is 16.5. The van der Waals surface area contributed by atoms with Crippen molar-refractivity contribution < 1.29 is 19.1 Å². The molecule has 0 radical (unpaired) electrons. The summed E-state index contributed by atoms with van der Waals surface area (Å²) in [7, 11) is 1.28. The number of rotatable bonds is 4. The van der Waals surface area contributed by atoms with Gasteiger partial charge in [-0.1, -0.05) is 6.58 Å². The maximum absolute atomic E-state index is 11.9. The van der Waals surface area contributed by atoms with Gasteiger partial charge < -0.3 is 15.0 Å². The molecule has 1 saturated heterocycles. The van der Waals surface area contributed by atoms with E-state index in [0.717, 1.165) is 0 Å². The van der Waals surface area contributed by atoms with Gasteiger partial charge in [-0.3, -0.25) is 9.59 Å². The molecule has 1 heterocycles. The maximum Gasteiger partial charge on any atom is 0.328 e. The monoisotopic (exact) mass is 268 g/mol. The van der Waals surface area contributed by atoms with Gasteiger partial charge in [-0.15, -0.1) is 0 Å². The molecular formula is C13H20N2O4. The SMILES string of the molecule is C=CC(=O)N1CCC(C(=O)N[C@@H](C)C(=O)OC)CC1. The topological polar surface area (TPSA) is 75.7 Å². The molecule has 0 saturated carbocycles. The van der Waals surface area contributed by atoms with Gasteiger partial charge in [0.25, 0.3) is 0 Å². The fraction of sp³-hybridized carbons (Fsp3) is 0.615. The van der Waals surface area contributed by atoms with Gasteiger partial charge in [-0.2, -0.15) is 0 Å². The Morgan fingerprint density at radius 1 is 1.37 bits per heavy atom. The number of amides is 2. The highest BCUT2D eigenvalue weighted by Gasteiger charge is 2.28. The Morgan fingerprint density at radius 2 is 1.95 bits per heavy atom. The number of esters is 1. The van der Waals surface area contributed by atoms with Crippen LogP contribution in [0, 0.1) is 5.92 Å². The molecule has 1 aliphatic rings. The Morgan fingerprint density at radius 3 is 2.42 bits per heavy atom. The van der Waals surface area contributed by atoms with E-state index in [9.17, 15) is 14.4 Å². The first-order valence-electron chi connectivity index (χ1n) is 6.29. The molecule has 0 aromatic heterocycles. The van der Waals surface area contributed by atoms with Crippen LogP contribution in [-0.2, 0) is 19.1 Å². The van der Waals surface area contributed by atoms with E-state index in [2.05, 4.69) is 16.6 Å². The fourth-order valence-electron chi connectivity index (χ4n) is 2.06. The number of hydrogen-bond acceptors (Lipinski definition) is 4. The first-order chi connectivity index (χ1) is 8.99. The molecule has 2 amide bonds. The number of hydrogen-bond donors (Lipinski definition) is 1. The van der Waals surface area contributed by atoms with Gasteiger partial charge in [0.05, 0.1) is 7.11 Å². The Hall–Kier alpha value is -1.85. The molecule has 1 aliphatic heterocycles. The van der Waals surface area contributed by atoms with Gasteiger partial charge in [-0.05, 0) is 25.8 Å². The Kier molecular flexibility index (Phi) is 5.54. The molecule has 0 bridgehead atoms. The van der Waals surface area contributed by atoms with E-state index in [1.807, 2.05) is 0 Å². The summed E-state index contributed by atoms with van der Waals surface area (Å²) < 4.78 is 4.55. The van der Waals surface area contributed by atoms with Crippen LogP contribution in [0.2, 0.25) is 0 Å². The molecule has 1 rings (SSSR count). The number of carbonyl (C=O) groups excluding carboxylic acids is 3. The minimum Gasteiger partial charge on any atom is -0.467 e. The normalized spacial score (nSPS) is 17.5. The van der Waals surface area contributed by atoms with Crippen molar-refractivity contribution in [2.75, 3.05) is 20.2 Å². The van der Waals surface area contributed by atoms with Crippen LogP contribution in [0.15, 0.2) is 12.7 Å². The highest BCUT2D eigenvalue weighted by Crippen LogP contribution is 2.17. The predicted octanol–water partition coefficient (Wildman–Crippen LogP) is 0.0887. The molecule has 106 valence electrons. The third-order valence-corrected chi connectivity index (χ3v) is 3.27. The molecule has 0 aromatic carbocycles. The summed E-state index contributed by atoms with van der Waals surface area (Å²) in [4.78, 5) is 36.2. The summed E-state index contributed by atoms with van der Waals surface area (Å²) in [5.41, 5.74) is 0. The van der Waals surface area contributed by atoms with Gasteiger partial charge in [-0.25, -0.2) is 4.79 Å². The lowest BCUT2D eigenvalue weighted by Crippen LogP contribution is -2.46. The quantitative estimate of drug-likeness (QED) is 0.579. The second kappa shape index (κ2) is 6.92. The van der Waals surface area contributed by atoms with Crippen LogP contribution in [0.1, 0.15) is 19.8 Å². The predicted molar refractivity (Wildman–Crippen MR) is 69.1 cm³/mol. The third kappa shape index (κ3) is 4.08. The fourth-order valence-corrected chi connectivity index (χ4v) is 2.06. The van der Waals surface area contributed by atoms with E-state index < -0.39 is 12.0 Å². The largest absolute Gasteiger partial charge is 0.467 e. The average Bonchev–Trinajstić information content (AvgIpc) is 2.45. The van der Waals surface area contributed by atoms with Crippen LogP contribution in [0.4, 0.5) is 0 Å². The second-order valence-corrected chi connectivity index (χ2v) is 4.56. The number of nitrogens with one attached hydrogen (secondary N) is 1. The van der Waals surface area contributed by atoms with Gasteiger partial charge in [0.1, 0.15) is 6.04 Å². The molecule has 19 heavy (non-hydrogen) atoms. The summed E-state index contributed by atoms with van der Waals surface area (Å²) >= 11 is 0. The number of ether oxygens (including phenoxy) is 1. The molecule has 1 N–H and O–H groups in total. The van der Waals surface area contributed by atoms with Crippen LogP contribution in [0.5, 0.6) is 0 Å². The van der Waals surface area contributed by atoms with Crippen molar-refractivity contribution >= 4 is 17.8 Å². The molecule has 1 fully saturated rings. The zero-order chi connectivity index (χ0) is 14.4. The van der Waals surface area contributed by atoms with Crippen molar-refractivity contribution in [3.05, 3.63) is 12.7 Å². The van der Waals surface area contributed by atoms with E-state index >= 15 is 0 Å². The highest BCUT2D eigenvalue weighted by molar-refractivity contribution is 5.88. The summed E-state index contributed by atoms with van der Waals surface area (Å²) in [6.07, 6.45) is 2.47. The van der Waals surface area contributed by atoms with Crippen molar-refractivity contribution in [3.63, 3.8) is 0 Å². The Labute approximate surface area is 112 Å². The number of nitrogens with zero attached hydrogens (tertiary/aromatic N) is 1. The summed E-state index contributed by atoms with van der Waals surface area (Å²) in [6.45, 7) is 6.09. The summed E-state index contributed by atoms with van der Waals surface area (Å²) in [5, 5.41) is 2.62. The standard InChI is InChI=1S/C13H20N2O4/c1-4-11(16)15-7-5-10(6-8-15)12(17)14-9(2)13(18)19-3/h4,9-10H,1,5-8H2,2-3H3,(H,14,17)/t9-/m0/s1. The van der Waals surface area contributed by atoms with E-state index in [4.69, 9.17) is 0 Å². The lowest BCUT2D eigenvalue weighted by molar-refractivity contribution is -0.145. The maximum atomic E-state index is 11.9. The first kappa shape index (κ1) is 15.2. The minimum absolute atomic E-state index is 0.109. The summed E-state index contributed by atoms with van der Waals surface area (Å²) in [5.74, 6) is -0.904. The van der Waals surface area contributed by atoms with Crippen LogP contribution in [0.25, 0.3) is 0 Å². The molecule has 0 aliphatic carbocycles. The van der Waals surface area contributed by atoms with Gasteiger partial charge in [0.2, 0.25) is 11.8 Å². The molecular weight excluding hydrogens is 248 g/mol. The number of piperidine rings is 1. The van der Waals surface area contributed by atoms with Crippen LogP contribution in [0.3, 0.4) is 0 Å². The molecule has 0 unspecified atom stereocenters. The third-order valence-electron chi connectivity index (χ3n) is 3.27. The van der Waals surface area contributed by atoms with Crippen molar-refractivity contribution in [2.24, 2.45) is 5.92 Å². The van der Waals surface area contributed by atoms with E-state index in [1.165, 1.54) is 13.2 Å². The van der Waals surface area contributed by atoms with Crippen molar-refractivity contribution in [1.82, 2.24) is 10.2 Å². The van der Waals surface area contributed by atoms with Gasteiger partial charge in [0, 0.05) is 19.0 Å². The van der Waals surface area contributed by atoms with Crippen LogP contribution in [-0.4, -0.2) is 48.9 Å². The lowest BCUT2D eigenvalue weighted by Gasteiger charge is -2.31. The molecule has 0 aromatic rings. The Balaban J connectivity index is 2.43. The number of carbonyl (C=O) groups is 3. The van der Waals surface area contributed by atoms with Gasteiger partial charge >= 0.3 is 5.97 Å². The molecule has 6 heteroatoms. The van der Waals surface area contributed by atoms with Crippen LogP contribution >= 0.6 is 0 Å². The van der Waals surface area contributed by atoms with Crippen molar-refractivity contribution in [2.45, 2.75) is 25.8 Å². The van der Waals surface area contributed by atoms with E-state index in [1.54, 1.807) is 11.8 Å². The lowest BCUT2D eigenvalue weighted by atomic mass is 9.95. The van der Waals surface area contributed by atoms with Crippen molar-refractivity contribution in [3.8, 4) is 0 Å². The number of methoxy groups -OCH3 is 1. The average molecular weight is 268 g/mol. The first-order valence-corrected chi connectivity index (χ1v) is 6.29. The molecule has 0 spiro atoms. The minimum atomic E-state index is -0.648. The molecule has 6 nitrogen and oxygen atoms in total. The number of likely N-dealkylation sites (tertiary alicyclic amines) is 1. The van der Waals surface area contributed by atoms with Gasteiger partial charge in [0.15, 0.2) is 0 Å². The summed E-state index contributed by atoms with van der Waals surface area (Å²) in [6, 6.07) is -0.648. The zero-order valence-electron chi connectivity index (χ0n) is 11.3. The smallest absolute Gasteiger partial charge is 0.328 e. The molecule has 1 atom stereocenters. The Bertz CT molecular complexity index is 373. The van der Waals surface area contributed by atoms with E-state index in [0.29, 0.717) is 25.9 Å². The zero-order valence-corrected chi connectivity index (χ0v) is 11.3.